The normalized spacial score (nSPS) is 17.9. The van der Waals surface area contributed by atoms with E-state index in [1.165, 1.54) is 6.08 Å². The fraction of sp³-hybridized carbons (Fsp3) is 0.438. The van der Waals surface area contributed by atoms with Crippen LogP contribution in [0.1, 0.15) is 24.0 Å². The zero-order valence-corrected chi connectivity index (χ0v) is 12.8. The molecule has 0 bridgehead atoms. The third kappa shape index (κ3) is 4.30. The number of aryl methyl sites for hydroxylation is 1. The van der Waals surface area contributed by atoms with Crippen LogP contribution in [0, 0.1) is 6.92 Å². The predicted molar refractivity (Wildman–Crippen MR) is 83.2 cm³/mol. The van der Waals surface area contributed by atoms with Gasteiger partial charge in [-0.15, -0.1) is 0 Å². The van der Waals surface area contributed by atoms with Crippen molar-refractivity contribution in [1.82, 2.24) is 5.32 Å². The Morgan fingerprint density at radius 2 is 2.19 bits per heavy atom. The van der Waals surface area contributed by atoms with Crippen LogP contribution in [-0.2, 0) is 9.53 Å². The molecule has 5 heteroatoms. The molecule has 1 saturated heterocycles. The molecule has 0 aliphatic carbocycles. The highest BCUT2D eigenvalue weighted by atomic mass is 35.5. The van der Waals surface area contributed by atoms with E-state index in [2.05, 4.69) is 5.32 Å². The number of carbonyl (C=O) groups excluding carboxylic acids is 1. The second-order valence-electron chi connectivity index (χ2n) is 5.38. The van der Waals surface area contributed by atoms with Gasteiger partial charge in [0.2, 0.25) is 5.91 Å². The van der Waals surface area contributed by atoms with Crippen molar-refractivity contribution < 1.29 is 14.6 Å². The molecule has 1 aliphatic heterocycles. The fourth-order valence-corrected chi connectivity index (χ4v) is 2.46. The maximum atomic E-state index is 12.0. The van der Waals surface area contributed by atoms with Crippen LogP contribution < -0.4 is 5.32 Å². The Morgan fingerprint density at radius 1 is 1.48 bits per heavy atom. The maximum Gasteiger partial charge on any atom is 0.244 e. The predicted octanol–water partition coefficient (Wildman–Crippen LogP) is 2.32. The minimum absolute atomic E-state index is 0.0771. The van der Waals surface area contributed by atoms with Gasteiger partial charge in [-0.05, 0) is 43.0 Å². The van der Waals surface area contributed by atoms with Crippen LogP contribution >= 0.6 is 11.6 Å². The van der Waals surface area contributed by atoms with Gasteiger partial charge in [0.25, 0.3) is 0 Å². The third-order valence-electron chi connectivity index (χ3n) is 3.76. The van der Waals surface area contributed by atoms with Crippen molar-refractivity contribution in [3.05, 3.63) is 40.4 Å². The van der Waals surface area contributed by atoms with E-state index < -0.39 is 5.54 Å². The van der Waals surface area contributed by atoms with Crippen LogP contribution in [-0.4, -0.2) is 36.4 Å². The van der Waals surface area contributed by atoms with Crippen molar-refractivity contribution >= 4 is 23.6 Å². The number of ether oxygens (including phenoxy) is 1. The summed E-state index contributed by atoms with van der Waals surface area (Å²) in [6.07, 6.45) is 4.43. The van der Waals surface area contributed by atoms with Crippen LogP contribution in [0.4, 0.5) is 0 Å². The Morgan fingerprint density at radius 3 is 2.81 bits per heavy atom. The number of aliphatic hydroxyl groups is 1. The summed E-state index contributed by atoms with van der Waals surface area (Å²) in [6.45, 7) is 2.96. The van der Waals surface area contributed by atoms with Gasteiger partial charge in [-0.25, -0.2) is 0 Å². The van der Waals surface area contributed by atoms with E-state index in [9.17, 15) is 9.90 Å². The highest BCUT2D eigenvalue weighted by Crippen LogP contribution is 2.20. The molecular weight excluding hydrogens is 290 g/mol. The summed E-state index contributed by atoms with van der Waals surface area (Å²) < 4.78 is 5.27. The first-order chi connectivity index (χ1) is 10.0. The standard InChI is InChI=1S/C16H20ClNO3/c1-12-2-3-13(10-14(12)17)4-5-15(20)18-16(11-19)6-8-21-9-7-16/h2-5,10,19H,6-9,11H2,1H3,(H,18,20)/b5-4+. The van der Waals surface area contributed by atoms with Crippen LogP contribution in [0.3, 0.4) is 0 Å². The monoisotopic (exact) mass is 309 g/mol. The average Bonchev–Trinajstić information content (AvgIpc) is 2.49. The van der Waals surface area contributed by atoms with Gasteiger partial charge in [0.05, 0.1) is 12.1 Å². The molecular formula is C16H20ClNO3. The van der Waals surface area contributed by atoms with Gasteiger partial charge in [0.1, 0.15) is 0 Å². The molecule has 0 aromatic heterocycles. The molecule has 114 valence electrons. The molecule has 1 aromatic rings. The average molecular weight is 310 g/mol. The Bertz CT molecular complexity index is 536. The van der Waals surface area contributed by atoms with Crippen LogP contribution in [0.2, 0.25) is 5.02 Å². The van der Waals surface area contributed by atoms with Gasteiger partial charge in [-0.3, -0.25) is 4.79 Å². The number of nitrogens with one attached hydrogen (secondary N) is 1. The van der Waals surface area contributed by atoms with E-state index in [1.54, 1.807) is 6.08 Å². The molecule has 1 amide bonds. The van der Waals surface area contributed by atoms with Crippen molar-refractivity contribution in [3.63, 3.8) is 0 Å². The largest absolute Gasteiger partial charge is 0.394 e. The summed E-state index contributed by atoms with van der Waals surface area (Å²) in [6, 6.07) is 5.63. The number of rotatable bonds is 4. The molecule has 21 heavy (non-hydrogen) atoms. The fourth-order valence-electron chi connectivity index (χ4n) is 2.27. The summed E-state index contributed by atoms with van der Waals surface area (Å²) in [4.78, 5) is 12.0. The van der Waals surface area contributed by atoms with E-state index in [0.717, 1.165) is 11.1 Å². The Hall–Kier alpha value is -1.36. The summed E-state index contributed by atoms with van der Waals surface area (Å²) in [5.74, 6) is -0.220. The number of amides is 1. The lowest BCUT2D eigenvalue weighted by molar-refractivity contribution is -0.120. The number of aliphatic hydroxyl groups excluding tert-OH is 1. The summed E-state index contributed by atoms with van der Waals surface area (Å²) in [5, 5.41) is 13.1. The van der Waals surface area contributed by atoms with Crippen molar-refractivity contribution in [3.8, 4) is 0 Å². The Kier molecular flexibility index (Phi) is 5.39. The number of benzene rings is 1. The topological polar surface area (TPSA) is 58.6 Å². The van der Waals surface area contributed by atoms with Crippen LogP contribution in [0.25, 0.3) is 6.08 Å². The number of carbonyl (C=O) groups is 1. The summed E-state index contributed by atoms with van der Waals surface area (Å²) in [7, 11) is 0. The SMILES string of the molecule is Cc1ccc(/C=C/C(=O)NC2(CO)CCOCC2)cc1Cl. The molecule has 1 aliphatic rings. The smallest absolute Gasteiger partial charge is 0.244 e. The van der Waals surface area contributed by atoms with Crippen LogP contribution in [0.5, 0.6) is 0 Å². The molecule has 4 nitrogen and oxygen atoms in total. The molecule has 0 spiro atoms. The molecule has 0 radical (unpaired) electrons. The lowest BCUT2D eigenvalue weighted by Crippen LogP contribution is -2.54. The van der Waals surface area contributed by atoms with Crippen molar-refractivity contribution in [2.24, 2.45) is 0 Å². The molecule has 0 saturated carbocycles. The third-order valence-corrected chi connectivity index (χ3v) is 4.17. The molecule has 1 fully saturated rings. The molecule has 2 N–H and O–H groups in total. The second kappa shape index (κ2) is 7.07. The van der Waals surface area contributed by atoms with E-state index in [4.69, 9.17) is 16.3 Å². The number of hydrogen-bond donors (Lipinski definition) is 2. The van der Waals surface area contributed by atoms with E-state index >= 15 is 0 Å². The highest BCUT2D eigenvalue weighted by Gasteiger charge is 2.32. The van der Waals surface area contributed by atoms with Gasteiger partial charge in [0, 0.05) is 24.3 Å². The van der Waals surface area contributed by atoms with Gasteiger partial charge in [-0.2, -0.15) is 0 Å². The van der Waals surface area contributed by atoms with Gasteiger partial charge < -0.3 is 15.2 Å². The molecule has 0 unspecified atom stereocenters. The molecule has 1 heterocycles. The van der Waals surface area contributed by atoms with Gasteiger partial charge in [0.15, 0.2) is 0 Å². The molecule has 1 aromatic carbocycles. The zero-order chi connectivity index (χ0) is 15.3. The van der Waals surface area contributed by atoms with Crippen molar-refractivity contribution in [2.75, 3.05) is 19.8 Å². The van der Waals surface area contributed by atoms with Gasteiger partial charge >= 0.3 is 0 Å². The number of halogens is 1. The maximum absolute atomic E-state index is 12.0. The second-order valence-corrected chi connectivity index (χ2v) is 5.79. The van der Waals surface area contributed by atoms with E-state index in [1.807, 2.05) is 25.1 Å². The quantitative estimate of drug-likeness (QED) is 0.839. The van der Waals surface area contributed by atoms with Crippen molar-refractivity contribution in [2.45, 2.75) is 25.3 Å². The minimum Gasteiger partial charge on any atom is -0.394 e. The molecule has 2 rings (SSSR count). The summed E-state index contributed by atoms with van der Waals surface area (Å²) in [5.41, 5.74) is 1.30. The first kappa shape index (κ1) is 16.0. The van der Waals surface area contributed by atoms with E-state index in [0.29, 0.717) is 31.1 Å². The first-order valence-corrected chi connectivity index (χ1v) is 7.37. The highest BCUT2D eigenvalue weighted by molar-refractivity contribution is 6.31. The van der Waals surface area contributed by atoms with Gasteiger partial charge in [-0.1, -0.05) is 23.7 Å². The molecule has 0 atom stereocenters. The minimum atomic E-state index is -0.565. The lowest BCUT2D eigenvalue weighted by Gasteiger charge is -2.35. The zero-order valence-electron chi connectivity index (χ0n) is 12.1. The number of hydrogen-bond acceptors (Lipinski definition) is 3. The van der Waals surface area contributed by atoms with E-state index in [-0.39, 0.29) is 12.5 Å². The lowest BCUT2D eigenvalue weighted by atomic mass is 9.91. The Balaban J connectivity index is 1.99. The van der Waals surface area contributed by atoms with Crippen molar-refractivity contribution in [1.29, 1.82) is 0 Å². The Labute approximate surface area is 129 Å². The van der Waals surface area contributed by atoms with Crippen LogP contribution in [0.15, 0.2) is 24.3 Å². The summed E-state index contributed by atoms with van der Waals surface area (Å²) >= 11 is 6.05. The first-order valence-electron chi connectivity index (χ1n) is 7.00.